The summed E-state index contributed by atoms with van der Waals surface area (Å²) in [6, 6.07) is -0.471. The van der Waals surface area contributed by atoms with Crippen molar-refractivity contribution in [2.75, 3.05) is 0 Å². The highest BCUT2D eigenvalue weighted by Crippen LogP contribution is 2.15. The molecule has 1 heterocycles. The topological polar surface area (TPSA) is 72.9 Å². The standard InChI is InChI=1S/C12H22N4O/c1-5-10-9(7-14-12(17)8(3)13)11(6-2)16(4)15-10/h8H,5-7,13H2,1-4H3,(H,14,17). The Balaban J connectivity index is 2.85. The number of nitrogens with zero attached hydrogens (tertiary/aromatic N) is 2. The lowest BCUT2D eigenvalue weighted by molar-refractivity contribution is -0.122. The third kappa shape index (κ3) is 3.06. The molecule has 1 rings (SSSR count). The fraction of sp³-hybridized carbons (Fsp3) is 0.667. The van der Waals surface area contributed by atoms with Crippen molar-refractivity contribution in [3.63, 3.8) is 0 Å². The first-order valence-corrected chi connectivity index (χ1v) is 6.08. The van der Waals surface area contributed by atoms with Crippen LogP contribution in [0.1, 0.15) is 37.7 Å². The van der Waals surface area contributed by atoms with E-state index in [1.807, 2.05) is 11.7 Å². The molecule has 96 valence electrons. The third-order valence-electron chi connectivity index (χ3n) is 2.88. The van der Waals surface area contributed by atoms with Crippen molar-refractivity contribution in [3.05, 3.63) is 17.0 Å². The van der Waals surface area contributed by atoms with E-state index in [1.165, 1.54) is 5.69 Å². The van der Waals surface area contributed by atoms with Gasteiger partial charge < -0.3 is 11.1 Å². The average Bonchev–Trinajstić information content (AvgIpc) is 2.61. The van der Waals surface area contributed by atoms with Gasteiger partial charge in [0.05, 0.1) is 11.7 Å². The van der Waals surface area contributed by atoms with Crippen LogP contribution in [0, 0.1) is 0 Å². The van der Waals surface area contributed by atoms with Crippen molar-refractivity contribution in [1.29, 1.82) is 0 Å². The van der Waals surface area contributed by atoms with Crippen LogP contribution >= 0.6 is 0 Å². The van der Waals surface area contributed by atoms with Crippen molar-refractivity contribution in [2.24, 2.45) is 12.8 Å². The number of nitrogens with one attached hydrogen (secondary N) is 1. The number of nitrogens with two attached hydrogens (primary N) is 1. The zero-order valence-corrected chi connectivity index (χ0v) is 11.1. The second-order valence-electron chi connectivity index (χ2n) is 4.21. The van der Waals surface area contributed by atoms with Gasteiger partial charge in [-0.25, -0.2) is 0 Å². The molecule has 5 nitrogen and oxygen atoms in total. The van der Waals surface area contributed by atoms with Crippen LogP contribution in [0.5, 0.6) is 0 Å². The van der Waals surface area contributed by atoms with Gasteiger partial charge in [0.1, 0.15) is 0 Å². The van der Waals surface area contributed by atoms with E-state index in [0.29, 0.717) is 6.54 Å². The molecule has 17 heavy (non-hydrogen) atoms. The van der Waals surface area contributed by atoms with Gasteiger partial charge in [-0.05, 0) is 19.8 Å². The Morgan fingerprint density at radius 2 is 2.12 bits per heavy atom. The van der Waals surface area contributed by atoms with E-state index in [-0.39, 0.29) is 5.91 Å². The monoisotopic (exact) mass is 238 g/mol. The molecular weight excluding hydrogens is 216 g/mol. The van der Waals surface area contributed by atoms with Crippen LogP contribution in [0.4, 0.5) is 0 Å². The van der Waals surface area contributed by atoms with Gasteiger partial charge in [-0.1, -0.05) is 13.8 Å². The van der Waals surface area contributed by atoms with Gasteiger partial charge in [0.25, 0.3) is 0 Å². The summed E-state index contributed by atoms with van der Waals surface area (Å²) in [7, 11) is 1.94. The van der Waals surface area contributed by atoms with Gasteiger partial charge in [-0.15, -0.1) is 0 Å². The van der Waals surface area contributed by atoms with Crippen molar-refractivity contribution >= 4 is 5.91 Å². The summed E-state index contributed by atoms with van der Waals surface area (Å²) >= 11 is 0. The molecule has 0 fully saturated rings. The molecule has 0 aliphatic rings. The van der Waals surface area contributed by atoms with E-state index in [9.17, 15) is 4.79 Å². The zero-order chi connectivity index (χ0) is 13.0. The van der Waals surface area contributed by atoms with E-state index >= 15 is 0 Å². The Labute approximate surface area is 102 Å². The number of hydrogen-bond acceptors (Lipinski definition) is 3. The van der Waals surface area contributed by atoms with E-state index < -0.39 is 6.04 Å². The minimum absolute atomic E-state index is 0.127. The molecule has 1 aromatic heterocycles. The van der Waals surface area contributed by atoms with Crippen molar-refractivity contribution < 1.29 is 4.79 Å². The molecule has 1 unspecified atom stereocenters. The molecule has 5 heteroatoms. The van der Waals surface area contributed by atoms with Crippen LogP contribution < -0.4 is 11.1 Å². The lowest BCUT2D eigenvalue weighted by Crippen LogP contribution is -2.38. The molecule has 0 bridgehead atoms. The second kappa shape index (κ2) is 5.82. The summed E-state index contributed by atoms with van der Waals surface area (Å²) in [5, 5.41) is 7.30. The molecule has 0 radical (unpaired) electrons. The number of carbonyl (C=O) groups is 1. The van der Waals surface area contributed by atoms with Crippen LogP contribution in [0.15, 0.2) is 0 Å². The number of aromatic nitrogens is 2. The molecule has 0 aromatic carbocycles. The van der Waals surface area contributed by atoms with E-state index in [1.54, 1.807) is 6.92 Å². The smallest absolute Gasteiger partial charge is 0.236 e. The molecule has 0 aliphatic heterocycles. The summed E-state index contributed by atoms with van der Waals surface area (Å²) in [6.07, 6.45) is 1.78. The van der Waals surface area contributed by atoms with Crippen LogP contribution in [0.25, 0.3) is 0 Å². The van der Waals surface area contributed by atoms with Gasteiger partial charge in [0.2, 0.25) is 5.91 Å². The minimum atomic E-state index is -0.471. The number of aryl methyl sites for hydroxylation is 2. The number of amides is 1. The zero-order valence-electron chi connectivity index (χ0n) is 11.1. The van der Waals surface area contributed by atoms with Crippen LogP contribution in [-0.4, -0.2) is 21.7 Å². The summed E-state index contributed by atoms with van der Waals surface area (Å²) in [5.74, 6) is -0.127. The molecule has 3 N–H and O–H groups in total. The highest BCUT2D eigenvalue weighted by Gasteiger charge is 2.15. The third-order valence-corrected chi connectivity index (χ3v) is 2.88. The van der Waals surface area contributed by atoms with Gasteiger partial charge in [0, 0.05) is 24.8 Å². The van der Waals surface area contributed by atoms with E-state index in [0.717, 1.165) is 24.1 Å². The highest BCUT2D eigenvalue weighted by molar-refractivity contribution is 5.80. The number of rotatable bonds is 5. The molecule has 1 aromatic rings. The maximum Gasteiger partial charge on any atom is 0.236 e. The lowest BCUT2D eigenvalue weighted by Gasteiger charge is -2.09. The molecular formula is C12H22N4O. The normalized spacial score (nSPS) is 12.5. The Kier molecular flexibility index (Phi) is 4.69. The maximum atomic E-state index is 11.5. The van der Waals surface area contributed by atoms with Crippen molar-refractivity contribution in [2.45, 2.75) is 46.2 Å². The molecule has 1 amide bonds. The predicted octanol–water partition coefficient (Wildman–Crippen LogP) is 0.508. The van der Waals surface area contributed by atoms with E-state index in [4.69, 9.17) is 5.73 Å². The Bertz CT molecular complexity index is 395. The van der Waals surface area contributed by atoms with Gasteiger partial charge >= 0.3 is 0 Å². The summed E-state index contributed by atoms with van der Waals surface area (Å²) < 4.78 is 1.90. The SMILES string of the molecule is CCc1nn(C)c(CC)c1CNC(=O)C(C)N. The quantitative estimate of drug-likeness (QED) is 0.785. The largest absolute Gasteiger partial charge is 0.351 e. The van der Waals surface area contributed by atoms with Gasteiger partial charge in [-0.3, -0.25) is 9.48 Å². The number of carbonyl (C=O) groups excluding carboxylic acids is 1. The van der Waals surface area contributed by atoms with Gasteiger partial charge in [0.15, 0.2) is 0 Å². The summed E-state index contributed by atoms with van der Waals surface area (Å²) in [5.41, 5.74) is 8.87. The molecule has 0 spiro atoms. The first-order valence-electron chi connectivity index (χ1n) is 6.08. The van der Waals surface area contributed by atoms with Crippen LogP contribution in [0.2, 0.25) is 0 Å². The van der Waals surface area contributed by atoms with Crippen molar-refractivity contribution in [3.8, 4) is 0 Å². The Morgan fingerprint density at radius 1 is 1.47 bits per heavy atom. The lowest BCUT2D eigenvalue weighted by atomic mass is 10.1. The Morgan fingerprint density at radius 3 is 2.59 bits per heavy atom. The van der Waals surface area contributed by atoms with Crippen LogP contribution in [-0.2, 0) is 31.2 Å². The molecule has 0 saturated heterocycles. The predicted molar refractivity (Wildman–Crippen MR) is 67.5 cm³/mol. The second-order valence-corrected chi connectivity index (χ2v) is 4.21. The van der Waals surface area contributed by atoms with Crippen LogP contribution in [0.3, 0.4) is 0 Å². The number of hydrogen-bond donors (Lipinski definition) is 2. The fourth-order valence-electron chi connectivity index (χ4n) is 1.93. The first-order chi connectivity index (χ1) is 8.01. The molecule has 0 saturated carbocycles. The fourth-order valence-corrected chi connectivity index (χ4v) is 1.93. The average molecular weight is 238 g/mol. The maximum absolute atomic E-state index is 11.5. The van der Waals surface area contributed by atoms with Gasteiger partial charge in [-0.2, -0.15) is 5.10 Å². The summed E-state index contributed by atoms with van der Waals surface area (Å²) in [6.45, 7) is 6.35. The molecule has 0 aliphatic carbocycles. The van der Waals surface area contributed by atoms with E-state index in [2.05, 4.69) is 24.3 Å². The van der Waals surface area contributed by atoms with Crippen molar-refractivity contribution in [1.82, 2.24) is 15.1 Å². The Hall–Kier alpha value is -1.36. The minimum Gasteiger partial charge on any atom is -0.351 e. The summed E-state index contributed by atoms with van der Waals surface area (Å²) in [4.78, 5) is 11.5. The molecule has 1 atom stereocenters. The first kappa shape index (κ1) is 13.7. The highest BCUT2D eigenvalue weighted by atomic mass is 16.2.